The van der Waals surface area contributed by atoms with E-state index in [9.17, 15) is 8.42 Å². The molecule has 1 aliphatic heterocycles. The Morgan fingerprint density at radius 1 is 1.45 bits per heavy atom. The van der Waals surface area contributed by atoms with Gasteiger partial charge in [0.05, 0.1) is 6.61 Å². The molecule has 1 saturated heterocycles. The van der Waals surface area contributed by atoms with Gasteiger partial charge >= 0.3 is 0 Å². The van der Waals surface area contributed by atoms with E-state index in [1.54, 1.807) is 13.0 Å². The summed E-state index contributed by atoms with van der Waals surface area (Å²) in [7, 11) is -3.49. The van der Waals surface area contributed by atoms with Gasteiger partial charge in [-0.25, -0.2) is 13.1 Å². The van der Waals surface area contributed by atoms with Gasteiger partial charge in [-0.1, -0.05) is 6.92 Å². The monoisotopic (exact) mass is 319 g/mol. The molecule has 0 spiro atoms. The molecule has 0 bridgehead atoms. The summed E-state index contributed by atoms with van der Waals surface area (Å²) in [6, 6.07) is 1.62. The van der Waals surface area contributed by atoms with Crippen molar-refractivity contribution < 1.29 is 18.3 Å². The summed E-state index contributed by atoms with van der Waals surface area (Å²) >= 11 is 1.13. The van der Waals surface area contributed by atoms with Crippen LogP contribution in [-0.4, -0.2) is 33.3 Å². The quantitative estimate of drug-likeness (QED) is 0.865. The zero-order valence-corrected chi connectivity index (χ0v) is 13.4. The summed E-state index contributed by atoms with van der Waals surface area (Å²) < 4.78 is 32.9. The normalized spacial score (nSPS) is 19.1. The van der Waals surface area contributed by atoms with Crippen molar-refractivity contribution >= 4 is 21.4 Å². The second kappa shape index (κ2) is 6.11. The Kier molecular flexibility index (Phi) is 4.86. The maximum Gasteiger partial charge on any atom is 0.250 e. The highest BCUT2D eigenvalue weighted by Gasteiger charge is 2.29. The zero-order chi connectivity index (χ0) is 14.8. The summed E-state index contributed by atoms with van der Waals surface area (Å²) in [5.74, 6) is 0. The van der Waals surface area contributed by atoms with Gasteiger partial charge in [0.15, 0.2) is 0 Å². The maximum absolute atomic E-state index is 12.3. The average molecular weight is 319 g/mol. The van der Waals surface area contributed by atoms with Crippen LogP contribution < -0.4 is 4.72 Å². The van der Waals surface area contributed by atoms with Crippen LogP contribution in [0.15, 0.2) is 10.3 Å². The van der Waals surface area contributed by atoms with Crippen LogP contribution in [0, 0.1) is 12.3 Å². The topological polar surface area (TPSA) is 75.6 Å². The predicted octanol–water partition coefficient (Wildman–Crippen LogP) is 1.64. The van der Waals surface area contributed by atoms with Gasteiger partial charge in [-0.2, -0.15) is 0 Å². The molecule has 2 rings (SSSR count). The third-order valence-electron chi connectivity index (χ3n) is 3.80. The average Bonchev–Trinajstić information content (AvgIpc) is 2.80. The van der Waals surface area contributed by atoms with Crippen LogP contribution in [0.25, 0.3) is 0 Å². The van der Waals surface area contributed by atoms with Gasteiger partial charge in [-0.3, -0.25) is 0 Å². The lowest BCUT2D eigenvalue weighted by Crippen LogP contribution is -2.39. The van der Waals surface area contributed by atoms with Crippen LogP contribution in [0.4, 0.5) is 0 Å². The maximum atomic E-state index is 12.3. The van der Waals surface area contributed by atoms with E-state index in [2.05, 4.69) is 11.6 Å². The standard InChI is InChI=1S/C13H21NO4S2/c1-10-7-12(19-11(10)8-15)20(16,17)14-9-13(2)3-5-18-6-4-13/h7,14-15H,3-6,8-9H2,1-2H3. The zero-order valence-electron chi connectivity index (χ0n) is 11.8. The van der Waals surface area contributed by atoms with Crippen molar-refractivity contribution in [3.05, 3.63) is 16.5 Å². The van der Waals surface area contributed by atoms with E-state index in [0.29, 0.717) is 24.6 Å². The number of hydrogen-bond donors (Lipinski definition) is 2. The van der Waals surface area contributed by atoms with Crippen LogP contribution >= 0.6 is 11.3 Å². The van der Waals surface area contributed by atoms with Crippen molar-refractivity contribution in [1.29, 1.82) is 0 Å². The molecule has 0 saturated carbocycles. The van der Waals surface area contributed by atoms with Crippen LogP contribution in [0.2, 0.25) is 0 Å². The van der Waals surface area contributed by atoms with E-state index in [0.717, 1.165) is 29.7 Å². The van der Waals surface area contributed by atoms with Gasteiger partial charge in [-0.05, 0) is 36.8 Å². The van der Waals surface area contributed by atoms with Crippen molar-refractivity contribution in [3.63, 3.8) is 0 Å². The second-order valence-corrected chi connectivity index (χ2v) is 8.71. The largest absolute Gasteiger partial charge is 0.391 e. The van der Waals surface area contributed by atoms with Crippen molar-refractivity contribution in [1.82, 2.24) is 4.72 Å². The lowest BCUT2D eigenvalue weighted by atomic mass is 9.83. The van der Waals surface area contributed by atoms with Gasteiger partial charge in [0.1, 0.15) is 4.21 Å². The molecule has 1 aromatic heterocycles. The number of aryl methyl sites for hydroxylation is 1. The Morgan fingerprint density at radius 2 is 2.10 bits per heavy atom. The van der Waals surface area contributed by atoms with Gasteiger partial charge in [0.25, 0.3) is 0 Å². The van der Waals surface area contributed by atoms with E-state index in [1.165, 1.54) is 0 Å². The molecule has 7 heteroatoms. The molecule has 1 aromatic rings. The molecule has 1 aliphatic rings. The molecule has 0 radical (unpaired) electrons. The minimum atomic E-state index is -3.49. The second-order valence-electron chi connectivity index (χ2n) is 5.58. The van der Waals surface area contributed by atoms with E-state index in [4.69, 9.17) is 9.84 Å². The summed E-state index contributed by atoms with van der Waals surface area (Å²) in [5.41, 5.74) is 0.771. The molecule has 2 heterocycles. The summed E-state index contributed by atoms with van der Waals surface area (Å²) in [4.78, 5) is 0.697. The Morgan fingerprint density at radius 3 is 2.65 bits per heavy atom. The third kappa shape index (κ3) is 3.59. The van der Waals surface area contributed by atoms with E-state index in [-0.39, 0.29) is 16.2 Å². The number of hydrogen-bond acceptors (Lipinski definition) is 5. The van der Waals surface area contributed by atoms with Crippen LogP contribution in [0.3, 0.4) is 0 Å². The predicted molar refractivity (Wildman–Crippen MR) is 78.3 cm³/mol. The highest BCUT2D eigenvalue weighted by molar-refractivity contribution is 7.91. The minimum absolute atomic E-state index is 0.0442. The number of nitrogens with one attached hydrogen (secondary N) is 1. The summed E-state index contributed by atoms with van der Waals surface area (Å²) in [6.07, 6.45) is 1.72. The van der Waals surface area contributed by atoms with Gasteiger partial charge in [0.2, 0.25) is 10.0 Å². The molecule has 0 atom stereocenters. The Labute approximate surface area is 124 Å². The first-order valence-electron chi connectivity index (χ1n) is 6.64. The van der Waals surface area contributed by atoms with E-state index in [1.807, 2.05) is 0 Å². The highest BCUT2D eigenvalue weighted by Crippen LogP contribution is 2.30. The molecule has 0 aliphatic carbocycles. The molecular weight excluding hydrogens is 298 g/mol. The SMILES string of the molecule is Cc1cc(S(=O)(=O)NCC2(C)CCOCC2)sc1CO. The summed E-state index contributed by atoms with van der Waals surface area (Å²) in [5, 5.41) is 9.15. The van der Waals surface area contributed by atoms with Crippen LogP contribution in [-0.2, 0) is 21.4 Å². The Balaban J connectivity index is 2.06. The van der Waals surface area contributed by atoms with Crippen LogP contribution in [0.5, 0.6) is 0 Å². The Hall–Kier alpha value is -0.470. The van der Waals surface area contributed by atoms with E-state index >= 15 is 0 Å². The molecular formula is C13H21NO4S2. The van der Waals surface area contributed by atoms with Gasteiger partial charge < -0.3 is 9.84 Å². The summed E-state index contributed by atoms with van der Waals surface area (Å²) in [6.45, 7) is 5.55. The smallest absolute Gasteiger partial charge is 0.250 e. The molecule has 0 unspecified atom stereocenters. The fourth-order valence-electron chi connectivity index (χ4n) is 2.16. The van der Waals surface area contributed by atoms with Crippen LogP contribution in [0.1, 0.15) is 30.2 Å². The molecule has 0 amide bonds. The van der Waals surface area contributed by atoms with Crippen molar-refractivity contribution in [2.45, 2.75) is 37.5 Å². The number of thiophene rings is 1. The van der Waals surface area contributed by atoms with Gasteiger partial charge in [-0.15, -0.1) is 11.3 Å². The molecule has 0 aromatic carbocycles. The van der Waals surface area contributed by atoms with Crippen molar-refractivity contribution in [2.75, 3.05) is 19.8 Å². The Bertz CT molecular complexity index is 559. The molecule has 2 N–H and O–H groups in total. The van der Waals surface area contributed by atoms with E-state index < -0.39 is 10.0 Å². The third-order valence-corrected chi connectivity index (χ3v) is 6.89. The first-order chi connectivity index (χ1) is 9.36. The lowest BCUT2D eigenvalue weighted by Gasteiger charge is -2.33. The first kappa shape index (κ1) is 15.9. The van der Waals surface area contributed by atoms with Crippen molar-refractivity contribution in [2.24, 2.45) is 5.41 Å². The number of ether oxygens (including phenoxy) is 1. The fraction of sp³-hybridized carbons (Fsp3) is 0.692. The number of sulfonamides is 1. The minimum Gasteiger partial charge on any atom is -0.391 e. The number of aliphatic hydroxyl groups excluding tert-OH is 1. The number of aliphatic hydroxyl groups is 1. The fourth-order valence-corrected chi connectivity index (χ4v) is 4.85. The first-order valence-corrected chi connectivity index (χ1v) is 8.94. The molecule has 1 fully saturated rings. The highest BCUT2D eigenvalue weighted by atomic mass is 32.2. The van der Waals surface area contributed by atoms with Gasteiger partial charge in [0, 0.05) is 24.6 Å². The number of rotatable bonds is 5. The lowest BCUT2D eigenvalue weighted by molar-refractivity contribution is 0.0265. The molecule has 114 valence electrons. The molecule has 5 nitrogen and oxygen atoms in total. The molecule has 20 heavy (non-hydrogen) atoms. The van der Waals surface area contributed by atoms with Crippen molar-refractivity contribution in [3.8, 4) is 0 Å².